The summed E-state index contributed by atoms with van der Waals surface area (Å²) in [5.41, 5.74) is 1.90. The molecule has 2 aliphatic heterocycles. The second kappa shape index (κ2) is 11.3. The largest absolute Gasteiger partial charge is 0.457 e. The Morgan fingerprint density at radius 1 is 0.818 bits per heavy atom. The Morgan fingerprint density at radius 2 is 1.48 bits per heavy atom. The molecule has 0 aromatic heterocycles. The number of likely N-dealkylation sites (tertiary alicyclic amines) is 1. The first kappa shape index (κ1) is 23.3. The zero-order chi connectivity index (χ0) is 23.0. The van der Waals surface area contributed by atoms with Crippen LogP contribution >= 0.6 is 0 Å². The van der Waals surface area contributed by atoms with E-state index < -0.39 is 0 Å². The lowest BCUT2D eigenvalue weighted by atomic mass is 10.1. The number of nitrogens with zero attached hydrogens (tertiary/aromatic N) is 3. The Kier molecular flexibility index (Phi) is 7.96. The molecule has 0 aliphatic carbocycles. The Balaban J connectivity index is 1.17. The number of piperidine rings is 1. The van der Waals surface area contributed by atoms with E-state index in [0.29, 0.717) is 13.1 Å². The maximum atomic E-state index is 12.5. The van der Waals surface area contributed by atoms with Crippen LogP contribution in [0.15, 0.2) is 48.5 Å². The van der Waals surface area contributed by atoms with Crippen LogP contribution in [0.3, 0.4) is 0 Å². The third-order valence-corrected chi connectivity index (χ3v) is 6.26. The molecule has 2 amide bonds. The molecule has 4 rings (SSSR count). The predicted molar refractivity (Wildman–Crippen MR) is 130 cm³/mol. The number of carbonyl (C=O) groups is 2. The molecule has 0 saturated carbocycles. The van der Waals surface area contributed by atoms with Crippen molar-refractivity contribution in [3.63, 3.8) is 0 Å². The number of hydrogen-bond donors (Lipinski definition) is 1. The summed E-state index contributed by atoms with van der Waals surface area (Å²) >= 11 is 0. The normalized spacial score (nSPS) is 17.5. The summed E-state index contributed by atoms with van der Waals surface area (Å²) in [7, 11) is 0. The zero-order valence-corrected chi connectivity index (χ0v) is 19.5. The van der Waals surface area contributed by atoms with Crippen LogP contribution in [0.5, 0.6) is 11.5 Å². The van der Waals surface area contributed by atoms with Crippen LogP contribution in [-0.4, -0.2) is 78.9 Å². The third kappa shape index (κ3) is 7.04. The summed E-state index contributed by atoms with van der Waals surface area (Å²) in [5.74, 6) is 1.74. The van der Waals surface area contributed by atoms with E-state index in [4.69, 9.17) is 4.74 Å². The average Bonchev–Trinajstić information content (AvgIpc) is 2.82. The van der Waals surface area contributed by atoms with E-state index in [2.05, 4.69) is 15.1 Å². The fourth-order valence-electron chi connectivity index (χ4n) is 4.36. The summed E-state index contributed by atoms with van der Waals surface area (Å²) in [5, 5.41) is 2.97. The highest BCUT2D eigenvalue weighted by Crippen LogP contribution is 2.23. The number of anilines is 1. The molecule has 0 spiro atoms. The van der Waals surface area contributed by atoms with E-state index in [1.165, 1.54) is 6.42 Å². The van der Waals surface area contributed by atoms with E-state index in [1.807, 2.05) is 60.4 Å². The molecular formula is C26H34N4O3. The van der Waals surface area contributed by atoms with Gasteiger partial charge in [0.05, 0.1) is 13.1 Å². The predicted octanol–water partition coefficient (Wildman–Crippen LogP) is 3.36. The molecule has 7 heteroatoms. The molecule has 2 heterocycles. The van der Waals surface area contributed by atoms with Crippen LogP contribution in [0.2, 0.25) is 0 Å². The van der Waals surface area contributed by atoms with Gasteiger partial charge in [-0.15, -0.1) is 0 Å². The first-order valence-electron chi connectivity index (χ1n) is 11.9. The molecule has 0 radical (unpaired) electrons. The van der Waals surface area contributed by atoms with Crippen molar-refractivity contribution in [3.8, 4) is 11.5 Å². The second-order valence-electron chi connectivity index (χ2n) is 8.98. The van der Waals surface area contributed by atoms with E-state index in [0.717, 1.165) is 74.9 Å². The molecule has 0 unspecified atom stereocenters. The van der Waals surface area contributed by atoms with Crippen LogP contribution in [0, 0.1) is 6.92 Å². The van der Waals surface area contributed by atoms with Gasteiger partial charge in [-0.25, -0.2) is 0 Å². The molecule has 0 bridgehead atoms. The van der Waals surface area contributed by atoms with Gasteiger partial charge in [-0.05, 0) is 68.1 Å². The fraction of sp³-hybridized carbons (Fsp3) is 0.462. The van der Waals surface area contributed by atoms with Crippen LogP contribution in [0.1, 0.15) is 24.8 Å². The van der Waals surface area contributed by atoms with Gasteiger partial charge in [0.2, 0.25) is 11.8 Å². The van der Waals surface area contributed by atoms with Gasteiger partial charge < -0.3 is 15.0 Å². The lowest BCUT2D eigenvalue weighted by molar-refractivity contribution is -0.134. The van der Waals surface area contributed by atoms with Crippen LogP contribution in [0.25, 0.3) is 0 Å². The standard InChI is InChI=1S/C26H34N4O3/c1-21-6-5-7-24(18-21)33-23-10-8-22(9-11-23)27-25(31)19-28-14-16-29(17-15-28)20-26(32)30-12-3-2-4-13-30/h5-11,18H,2-4,12-17,19-20H2,1H3,(H,27,31). The van der Waals surface area contributed by atoms with Gasteiger partial charge in [-0.3, -0.25) is 19.4 Å². The molecule has 2 aromatic carbocycles. The van der Waals surface area contributed by atoms with Gasteiger partial charge in [-0.2, -0.15) is 0 Å². The third-order valence-electron chi connectivity index (χ3n) is 6.26. The minimum absolute atomic E-state index is 0.0276. The smallest absolute Gasteiger partial charge is 0.238 e. The SMILES string of the molecule is Cc1cccc(Oc2ccc(NC(=O)CN3CCN(CC(=O)N4CCCCC4)CC3)cc2)c1. The maximum Gasteiger partial charge on any atom is 0.238 e. The van der Waals surface area contributed by atoms with Crippen molar-refractivity contribution < 1.29 is 14.3 Å². The molecule has 1 N–H and O–H groups in total. The van der Waals surface area contributed by atoms with E-state index in [9.17, 15) is 9.59 Å². The lowest BCUT2D eigenvalue weighted by Crippen LogP contribution is -2.51. The van der Waals surface area contributed by atoms with Crippen molar-refractivity contribution >= 4 is 17.5 Å². The highest BCUT2D eigenvalue weighted by atomic mass is 16.5. The minimum atomic E-state index is -0.0276. The molecule has 176 valence electrons. The quantitative estimate of drug-likeness (QED) is 0.701. The summed E-state index contributed by atoms with van der Waals surface area (Å²) in [4.78, 5) is 31.3. The summed E-state index contributed by atoms with van der Waals surface area (Å²) in [6.07, 6.45) is 3.48. The zero-order valence-electron chi connectivity index (χ0n) is 19.5. The van der Waals surface area contributed by atoms with Gasteiger partial charge in [0, 0.05) is 45.0 Å². The van der Waals surface area contributed by atoms with Crippen molar-refractivity contribution in [1.82, 2.24) is 14.7 Å². The summed E-state index contributed by atoms with van der Waals surface area (Å²) < 4.78 is 5.86. The topological polar surface area (TPSA) is 65.1 Å². The maximum absolute atomic E-state index is 12.5. The first-order chi connectivity index (χ1) is 16.0. The van der Waals surface area contributed by atoms with Gasteiger partial charge in [0.25, 0.3) is 0 Å². The number of hydrogen-bond acceptors (Lipinski definition) is 5. The Morgan fingerprint density at radius 3 is 2.15 bits per heavy atom. The van der Waals surface area contributed by atoms with Gasteiger partial charge >= 0.3 is 0 Å². The molecule has 0 atom stereocenters. The summed E-state index contributed by atoms with van der Waals surface area (Å²) in [6, 6.07) is 15.3. The number of carbonyl (C=O) groups excluding carboxylic acids is 2. The number of nitrogens with one attached hydrogen (secondary N) is 1. The highest BCUT2D eigenvalue weighted by molar-refractivity contribution is 5.92. The van der Waals surface area contributed by atoms with Crippen LogP contribution < -0.4 is 10.1 Å². The summed E-state index contributed by atoms with van der Waals surface area (Å²) in [6.45, 7) is 7.91. The number of aryl methyl sites for hydroxylation is 1. The van der Waals surface area contributed by atoms with Crippen molar-refractivity contribution in [3.05, 3.63) is 54.1 Å². The van der Waals surface area contributed by atoms with Crippen molar-refractivity contribution in [2.75, 3.05) is 57.7 Å². The van der Waals surface area contributed by atoms with Crippen molar-refractivity contribution in [1.29, 1.82) is 0 Å². The number of piperazine rings is 1. The van der Waals surface area contributed by atoms with Crippen LogP contribution in [0.4, 0.5) is 5.69 Å². The van der Waals surface area contributed by atoms with E-state index in [-0.39, 0.29) is 11.8 Å². The molecule has 2 aromatic rings. The van der Waals surface area contributed by atoms with Gasteiger partial charge in [0.1, 0.15) is 11.5 Å². The minimum Gasteiger partial charge on any atom is -0.457 e. The van der Waals surface area contributed by atoms with E-state index >= 15 is 0 Å². The molecular weight excluding hydrogens is 416 g/mol. The number of benzene rings is 2. The number of ether oxygens (including phenoxy) is 1. The lowest BCUT2D eigenvalue weighted by Gasteiger charge is -2.35. The highest BCUT2D eigenvalue weighted by Gasteiger charge is 2.23. The fourth-order valence-corrected chi connectivity index (χ4v) is 4.36. The number of rotatable bonds is 7. The van der Waals surface area contributed by atoms with Gasteiger partial charge in [0.15, 0.2) is 0 Å². The second-order valence-corrected chi connectivity index (χ2v) is 8.98. The number of amides is 2. The van der Waals surface area contributed by atoms with Crippen molar-refractivity contribution in [2.24, 2.45) is 0 Å². The van der Waals surface area contributed by atoms with E-state index in [1.54, 1.807) is 0 Å². The molecule has 2 aliphatic rings. The molecule has 2 fully saturated rings. The Labute approximate surface area is 196 Å². The molecule has 7 nitrogen and oxygen atoms in total. The van der Waals surface area contributed by atoms with Gasteiger partial charge in [-0.1, -0.05) is 12.1 Å². The Bertz CT molecular complexity index is 933. The molecule has 2 saturated heterocycles. The van der Waals surface area contributed by atoms with Crippen molar-refractivity contribution in [2.45, 2.75) is 26.2 Å². The first-order valence-corrected chi connectivity index (χ1v) is 11.9. The van der Waals surface area contributed by atoms with Crippen LogP contribution in [-0.2, 0) is 9.59 Å². The monoisotopic (exact) mass is 450 g/mol. The molecule has 33 heavy (non-hydrogen) atoms. The average molecular weight is 451 g/mol. The Hall–Kier alpha value is -2.90.